The highest BCUT2D eigenvalue weighted by Gasteiger charge is 1.84. The Balaban J connectivity index is 0.000000371. The monoisotopic (exact) mass is 136 g/mol. The van der Waals surface area contributed by atoms with Crippen molar-refractivity contribution in [2.45, 2.75) is 6.92 Å². The van der Waals surface area contributed by atoms with E-state index in [0.29, 0.717) is 0 Å². The lowest BCUT2D eigenvalue weighted by Crippen LogP contribution is -1.72. The first-order chi connectivity index (χ1) is 4.79. The van der Waals surface area contributed by atoms with Gasteiger partial charge < -0.3 is 0 Å². The van der Waals surface area contributed by atoms with Gasteiger partial charge in [0.25, 0.3) is 0 Å². The number of terminal acetylenes is 1. The molecule has 10 heavy (non-hydrogen) atoms. The van der Waals surface area contributed by atoms with Crippen LogP contribution in [0, 0.1) is 25.6 Å². The standard InChI is InChI=1S/C7H7F.C2H2/c1-6-3-2-4-7(8)5-6;1-2/h2-5H,1H3;1-2H. The Morgan fingerprint density at radius 3 is 2.20 bits per heavy atom. The van der Waals surface area contributed by atoms with Crippen LogP contribution in [-0.2, 0) is 0 Å². The minimum absolute atomic E-state index is 0.162. The second-order valence-electron chi connectivity index (χ2n) is 1.80. The fraction of sp³-hybridized carbons (Fsp3) is 0.111. The summed E-state index contributed by atoms with van der Waals surface area (Å²) < 4.78 is 12.2. The van der Waals surface area contributed by atoms with E-state index in [9.17, 15) is 4.39 Å². The van der Waals surface area contributed by atoms with Crippen LogP contribution in [0.15, 0.2) is 24.3 Å². The third kappa shape index (κ3) is 2.88. The molecule has 0 N–H and O–H groups in total. The Morgan fingerprint density at radius 1 is 1.30 bits per heavy atom. The largest absolute Gasteiger partial charge is 0.207 e. The van der Waals surface area contributed by atoms with Crippen LogP contribution in [0.2, 0.25) is 0 Å². The van der Waals surface area contributed by atoms with Crippen LogP contribution in [0.5, 0.6) is 0 Å². The van der Waals surface area contributed by atoms with Crippen molar-refractivity contribution >= 4 is 0 Å². The van der Waals surface area contributed by atoms with E-state index < -0.39 is 0 Å². The van der Waals surface area contributed by atoms with E-state index in [-0.39, 0.29) is 5.82 Å². The van der Waals surface area contributed by atoms with Crippen molar-refractivity contribution in [2.24, 2.45) is 0 Å². The van der Waals surface area contributed by atoms with Gasteiger partial charge in [-0.15, -0.1) is 12.8 Å². The van der Waals surface area contributed by atoms with Gasteiger partial charge in [0.15, 0.2) is 0 Å². The molecule has 1 heteroatoms. The van der Waals surface area contributed by atoms with Crippen LogP contribution in [-0.4, -0.2) is 0 Å². The predicted molar refractivity (Wildman–Crippen MR) is 41.0 cm³/mol. The number of hydrogen-bond donors (Lipinski definition) is 0. The summed E-state index contributed by atoms with van der Waals surface area (Å²) in [6.45, 7) is 1.86. The van der Waals surface area contributed by atoms with Crippen LogP contribution in [0.25, 0.3) is 0 Å². The topological polar surface area (TPSA) is 0 Å². The Kier molecular flexibility index (Phi) is 3.99. The summed E-state index contributed by atoms with van der Waals surface area (Å²) in [5.74, 6) is -0.162. The van der Waals surface area contributed by atoms with E-state index >= 15 is 0 Å². The second-order valence-corrected chi connectivity index (χ2v) is 1.80. The quantitative estimate of drug-likeness (QED) is 0.480. The lowest BCUT2D eigenvalue weighted by Gasteiger charge is -1.87. The molecule has 0 bridgehead atoms. The zero-order valence-corrected chi connectivity index (χ0v) is 5.84. The van der Waals surface area contributed by atoms with Gasteiger partial charge in [0, 0.05) is 0 Å². The lowest BCUT2D eigenvalue weighted by molar-refractivity contribution is 0.626. The van der Waals surface area contributed by atoms with Gasteiger partial charge in [-0.2, -0.15) is 0 Å². The molecule has 1 aromatic rings. The summed E-state index contributed by atoms with van der Waals surface area (Å²) in [7, 11) is 0. The summed E-state index contributed by atoms with van der Waals surface area (Å²) in [6.07, 6.45) is 8.00. The van der Waals surface area contributed by atoms with Gasteiger partial charge in [0.2, 0.25) is 0 Å². The molecule has 0 fully saturated rings. The average Bonchev–Trinajstić information content (AvgIpc) is 1.91. The van der Waals surface area contributed by atoms with E-state index in [0.717, 1.165) is 5.56 Å². The van der Waals surface area contributed by atoms with E-state index in [2.05, 4.69) is 12.8 Å². The summed E-state index contributed by atoms with van der Waals surface area (Å²) >= 11 is 0. The molecule has 0 aromatic heterocycles. The van der Waals surface area contributed by atoms with Gasteiger partial charge >= 0.3 is 0 Å². The average molecular weight is 136 g/mol. The highest BCUT2D eigenvalue weighted by atomic mass is 19.1. The predicted octanol–water partition coefficient (Wildman–Crippen LogP) is 2.38. The smallest absolute Gasteiger partial charge is 0.123 e. The van der Waals surface area contributed by atoms with Crippen molar-refractivity contribution < 1.29 is 4.39 Å². The molecular weight excluding hydrogens is 127 g/mol. The molecule has 0 saturated heterocycles. The first kappa shape index (κ1) is 8.71. The maximum absolute atomic E-state index is 12.2. The molecule has 0 atom stereocenters. The van der Waals surface area contributed by atoms with Crippen molar-refractivity contribution in [3.05, 3.63) is 35.6 Å². The summed E-state index contributed by atoms with van der Waals surface area (Å²) in [5, 5.41) is 0. The van der Waals surface area contributed by atoms with Crippen LogP contribution in [0.1, 0.15) is 5.56 Å². The van der Waals surface area contributed by atoms with Crippen LogP contribution < -0.4 is 0 Å². The molecule has 0 nitrogen and oxygen atoms in total. The van der Waals surface area contributed by atoms with Crippen molar-refractivity contribution in [1.29, 1.82) is 0 Å². The molecule has 52 valence electrons. The molecule has 0 saturated carbocycles. The van der Waals surface area contributed by atoms with E-state index in [1.165, 1.54) is 12.1 Å². The molecule has 0 amide bonds. The molecule has 1 aromatic carbocycles. The van der Waals surface area contributed by atoms with Crippen LogP contribution in [0.4, 0.5) is 4.39 Å². The van der Waals surface area contributed by atoms with Crippen molar-refractivity contribution in [3.63, 3.8) is 0 Å². The van der Waals surface area contributed by atoms with Gasteiger partial charge in [-0.25, -0.2) is 4.39 Å². The van der Waals surface area contributed by atoms with Crippen molar-refractivity contribution in [1.82, 2.24) is 0 Å². The van der Waals surface area contributed by atoms with Gasteiger partial charge in [-0.05, 0) is 24.6 Å². The van der Waals surface area contributed by atoms with E-state index in [1.807, 2.05) is 13.0 Å². The molecule has 0 aliphatic rings. The maximum atomic E-state index is 12.2. The SMILES string of the molecule is C#C.Cc1cccc(F)c1. The second kappa shape index (κ2) is 4.58. The third-order valence-electron chi connectivity index (χ3n) is 0.980. The highest BCUT2D eigenvalue weighted by Crippen LogP contribution is 1.99. The Bertz CT molecular complexity index is 196. The molecule has 0 spiro atoms. The number of rotatable bonds is 0. The molecular formula is C9H9F. The Labute approximate surface area is 60.7 Å². The van der Waals surface area contributed by atoms with Crippen LogP contribution in [0.3, 0.4) is 0 Å². The third-order valence-corrected chi connectivity index (χ3v) is 0.980. The Hall–Kier alpha value is -1.29. The molecule has 0 radical (unpaired) electrons. The molecule has 0 unspecified atom stereocenters. The molecule has 1 rings (SSSR count). The summed E-state index contributed by atoms with van der Waals surface area (Å²) in [6, 6.07) is 6.50. The molecule has 0 aliphatic heterocycles. The van der Waals surface area contributed by atoms with Gasteiger partial charge in [-0.3, -0.25) is 0 Å². The number of benzene rings is 1. The minimum Gasteiger partial charge on any atom is -0.207 e. The summed E-state index contributed by atoms with van der Waals surface area (Å²) in [4.78, 5) is 0. The highest BCUT2D eigenvalue weighted by molar-refractivity contribution is 5.13. The first-order valence-electron chi connectivity index (χ1n) is 2.84. The normalized spacial score (nSPS) is 7.60. The number of aryl methyl sites for hydroxylation is 1. The zero-order valence-electron chi connectivity index (χ0n) is 5.84. The maximum Gasteiger partial charge on any atom is 0.123 e. The minimum atomic E-state index is -0.162. The van der Waals surface area contributed by atoms with Crippen molar-refractivity contribution in [2.75, 3.05) is 0 Å². The van der Waals surface area contributed by atoms with Crippen LogP contribution >= 0.6 is 0 Å². The van der Waals surface area contributed by atoms with Gasteiger partial charge in [0.05, 0.1) is 0 Å². The zero-order chi connectivity index (χ0) is 7.98. The summed E-state index contributed by atoms with van der Waals surface area (Å²) in [5.41, 5.74) is 0.963. The number of halogens is 1. The van der Waals surface area contributed by atoms with Gasteiger partial charge in [0.1, 0.15) is 5.82 Å². The van der Waals surface area contributed by atoms with Gasteiger partial charge in [-0.1, -0.05) is 12.1 Å². The van der Waals surface area contributed by atoms with E-state index in [4.69, 9.17) is 0 Å². The molecule has 0 aliphatic carbocycles. The first-order valence-corrected chi connectivity index (χ1v) is 2.84. The Morgan fingerprint density at radius 2 is 1.90 bits per heavy atom. The lowest BCUT2D eigenvalue weighted by atomic mass is 10.2. The van der Waals surface area contributed by atoms with E-state index in [1.54, 1.807) is 6.07 Å². The number of hydrogen-bond acceptors (Lipinski definition) is 0. The van der Waals surface area contributed by atoms with Crippen molar-refractivity contribution in [3.8, 4) is 12.8 Å². The molecule has 0 heterocycles. The fourth-order valence-electron chi connectivity index (χ4n) is 0.606. The fourth-order valence-corrected chi connectivity index (χ4v) is 0.606.